The number of hydrogen-bond donors (Lipinski definition) is 2. The van der Waals surface area contributed by atoms with Gasteiger partial charge in [-0.3, -0.25) is 0 Å². The van der Waals surface area contributed by atoms with Crippen molar-refractivity contribution in [3.8, 4) is 23.0 Å². The third-order valence-corrected chi connectivity index (χ3v) is 5.57. The molecule has 0 aromatic heterocycles. The van der Waals surface area contributed by atoms with E-state index >= 15 is 0 Å². The molecule has 0 unspecified atom stereocenters. The smallest absolute Gasteiger partial charge is 0.407 e. The molecular weight excluding hydrogens is 402 g/mol. The lowest BCUT2D eigenvalue weighted by molar-refractivity contribution is 0.0695. The Labute approximate surface area is 187 Å². The van der Waals surface area contributed by atoms with Crippen LogP contribution in [0.2, 0.25) is 0 Å². The van der Waals surface area contributed by atoms with Crippen LogP contribution in [0, 0.1) is 18.8 Å². The van der Waals surface area contributed by atoms with Gasteiger partial charge in [0.15, 0.2) is 0 Å². The van der Waals surface area contributed by atoms with Gasteiger partial charge in [0.2, 0.25) is 0 Å². The lowest BCUT2D eigenvalue weighted by Crippen LogP contribution is -2.26. The number of carbonyl (C=O) groups excluding carboxylic acids is 1. The van der Waals surface area contributed by atoms with Gasteiger partial charge in [0.05, 0.1) is 5.56 Å². The van der Waals surface area contributed by atoms with E-state index in [-0.39, 0.29) is 18.1 Å². The Morgan fingerprint density at radius 2 is 1.62 bits per heavy atom. The van der Waals surface area contributed by atoms with Crippen molar-refractivity contribution in [3.05, 3.63) is 94.5 Å². The normalized spacial score (nSPS) is 11.7. The minimum absolute atomic E-state index is 0.0173. The van der Waals surface area contributed by atoms with E-state index in [4.69, 9.17) is 4.74 Å². The van der Waals surface area contributed by atoms with Crippen LogP contribution in [0.5, 0.6) is 0 Å². The maximum atomic E-state index is 12.2. The number of aromatic carboxylic acids is 1. The zero-order valence-electron chi connectivity index (χ0n) is 17.7. The Morgan fingerprint density at radius 3 is 2.28 bits per heavy atom. The second kappa shape index (κ2) is 9.40. The Morgan fingerprint density at radius 1 is 0.969 bits per heavy atom. The predicted molar refractivity (Wildman–Crippen MR) is 123 cm³/mol. The standard InChI is InChI=1S/C27H23NO4/c1-18-9-8-11-19(25(18)26(29)30)10-6-7-16-28-27(31)32-17-24-22-14-4-2-12-20(22)21-13-3-5-15-23(21)24/h2-5,8-9,11-15,24H,7,16-17H2,1H3,(H,28,31)(H,29,30). The minimum Gasteiger partial charge on any atom is -0.478 e. The number of fused-ring (bicyclic) bond motifs is 3. The molecule has 0 saturated heterocycles. The number of hydrogen-bond acceptors (Lipinski definition) is 3. The molecule has 0 heterocycles. The molecule has 1 amide bonds. The molecule has 32 heavy (non-hydrogen) atoms. The SMILES string of the molecule is Cc1cccc(C#CCCNC(=O)OCC2c3ccccc3-c3ccccc32)c1C(=O)O. The third-order valence-electron chi connectivity index (χ3n) is 5.57. The van der Waals surface area contributed by atoms with Crippen LogP contribution in [0.3, 0.4) is 0 Å². The van der Waals surface area contributed by atoms with Crippen LogP contribution >= 0.6 is 0 Å². The average Bonchev–Trinajstić information content (AvgIpc) is 3.11. The second-order valence-electron chi connectivity index (χ2n) is 7.61. The van der Waals surface area contributed by atoms with Crippen molar-refractivity contribution >= 4 is 12.1 Å². The van der Waals surface area contributed by atoms with E-state index in [1.54, 1.807) is 25.1 Å². The number of alkyl carbamates (subject to hydrolysis) is 1. The van der Waals surface area contributed by atoms with Gasteiger partial charge in [-0.05, 0) is 40.8 Å². The molecule has 5 heteroatoms. The Bertz CT molecular complexity index is 1190. The number of amides is 1. The Hall–Kier alpha value is -4.04. The molecule has 160 valence electrons. The molecule has 1 aliphatic rings. The van der Waals surface area contributed by atoms with Gasteiger partial charge in [-0.2, -0.15) is 0 Å². The number of carboxylic acids is 1. The highest BCUT2D eigenvalue weighted by Gasteiger charge is 2.28. The summed E-state index contributed by atoms with van der Waals surface area (Å²) in [5.74, 6) is 4.83. The third kappa shape index (κ3) is 4.35. The minimum atomic E-state index is -0.996. The lowest BCUT2D eigenvalue weighted by Gasteiger charge is -2.14. The molecule has 5 nitrogen and oxygen atoms in total. The first-order chi connectivity index (χ1) is 15.6. The summed E-state index contributed by atoms with van der Waals surface area (Å²) < 4.78 is 5.49. The summed E-state index contributed by atoms with van der Waals surface area (Å²) >= 11 is 0. The van der Waals surface area contributed by atoms with E-state index in [0.717, 1.165) is 0 Å². The van der Waals surface area contributed by atoms with Crippen molar-refractivity contribution in [2.24, 2.45) is 0 Å². The zero-order chi connectivity index (χ0) is 22.5. The maximum absolute atomic E-state index is 12.2. The Kier molecular flexibility index (Phi) is 6.23. The number of carbonyl (C=O) groups is 2. The van der Waals surface area contributed by atoms with Crippen molar-refractivity contribution in [1.82, 2.24) is 5.32 Å². The van der Waals surface area contributed by atoms with Crippen LogP contribution in [0.15, 0.2) is 66.7 Å². The number of carboxylic acid groups (broad SMARTS) is 1. The van der Waals surface area contributed by atoms with Gasteiger partial charge < -0.3 is 15.2 Å². The van der Waals surface area contributed by atoms with Crippen LogP contribution in [-0.4, -0.2) is 30.3 Å². The van der Waals surface area contributed by atoms with Crippen LogP contribution < -0.4 is 5.32 Å². The number of rotatable bonds is 5. The van der Waals surface area contributed by atoms with Crippen molar-refractivity contribution in [2.75, 3.05) is 13.2 Å². The molecule has 0 saturated carbocycles. The highest BCUT2D eigenvalue weighted by Crippen LogP contribution is 2.44. The zero-order valence-corrected chi connectivity index (χ0v) is 17.7. The van der Waals surface area contributed by atoms with Gasteiger partial charge >= 0.3 is 12.1 Å². The summed E-state index contributed by atoms with van der Waals surface area (Å²) in [7, 11) is 0. The summed E-state index contributed by atoms with van der Waals surface area (Å²) in [6.07, 6.45) is -0.104. The fraction of sp³-hybridized carbons (Fsp3) is 0.185. The first kappa shape index (κ1) is 21.2. The largest absolute Gasteiger partial charge is 0.478 e. The number of nitrogens with one attached hydrogen (secondary N) is 1. The van der Waals surface area contributed by atoms with Gasteiger partial charge in [-0.1, -0.05) is 72.5 Å². The van der Waals surface area contributed by atoms with Gasteiger partial charge in [-0.15, -0.1) is 0 Å². The van der Waals surface area contributed by atoms with Crippen LogP contribution in [-0.2, 0) is 4.74 Å². The Balaban J connectivity index is 1.31. The van der Waals surface area contributed by atoms with Crippen LogP contribution in [0.25, 0.3) is 11.1 Å². The van der Waals surface area contributed by atoms with Crippen molar-refractivity contribution < 1.29 is 19.4 Å². The van der Waals surface area contributed by atoms with Gasteiger partial charge in [-0.25, -0.2) is 9.59 Å². The molecule has 0 atom stereocenters. The van der Waals surface area contributed by atoms with Crippen LogP contribution in [0.4, 0.5) is 4.79 Å². The van der Waals surface area contributed by atoms with Gasteiger partial charge in [0, 0.05) is 24.4 Å². The molecule has 0 aliphatic heterocycles. The summed E-state index contributed by atoms with van der Waals surface area (Å²) in [5, 5.41) is 12.1. The molecule has 4 rings (SSSR count). The summed E-state index contributed by atoms with van der Waals surface area (Å²) in [6.45, 7) is 2.32. The van der Waals surface area contributed by atoms with E-state index in [0.29, 0.717) is 24.1 Å². The van der Waals surface area contributed by atoms with Crippen LogP contribution in [0.1, 0.15) is 45.0 Å². The average molecular weight is 425 g/mol. The van der Waals surface area contributed by atoms with E-state index in [9.17, 15) is 14.7 Å². The molecule has 3 aromatic rings. The lowest BCUT2D eigenvalue weighted by atomic mass is 9.98. The molecule has 0 spiro atoms. The molecule has 1 aliphatic carbocycles. The van der Waals surface area contributed by atoms with Gasteiger partial charge in [0.1, 0.15) is 6.61 Å². The number of benzene rings is 3. The monoisotopic (exact) mass is 425 g/mol. The van der Waals surface area contributed by atoms with E-state index < -0.39 is 12.1 Å². The molecule has 0 radical (unpaired) electrons. The van der Waals surface area contributed by atoms with E-state index in [1.807, 2.05) is 24.3 Å². The predicted octanol–water partition coefficient (Wildman–Crippen LogP) is 4.97. The molecule has 0 bridgehead atoms. The van der Waals surface area contributed by atoms with E-state index in [2.05, 4.69) is 41.4 Å². The molecular formula is C27H23NO4. The van der Waals surface area contributed by atoms with E-state index in [1.165, 1.54) is 22.3 Å². The maximum Gasteiger partial charge on any atom is 0.407 e. The summed E-state index contributed by atoms with van der Waals surface area (Å²) in [4.78, 5) is 23.6. The fourth-order valence-electron chi connectivity index (χ4n) is 4.09. The first-order valence-corrected chi connectivity index (χ1v) is 10.5. The number of ether oxygens (including phenoxy) is 1. The quantitative estimate of drug-likeness (QED) is 0.447. The van der Waals surface area contributed by atoms with Crippen molar-refractivity contribution in [1.29, 1.82) is 0 Å². The summed E-state index contributed by atoms with van der Waals surface area (Å²) in [6, 6.07) is 21.6. The highest BCUT2D eigenvalue weighted by molar-refractivity contribution is 5.92. The van der Waals surface area contributed by atoms with Crippen molar-refractivity contribution in [3.63, 3.8) is 0 Å². The molecule has 3 aromatic carbocycles. The second-order valence-corrected chi connectivity index (χ2v) is 7.61. The van der Waals surface area contributed by atoms with Gasteiger partial charge in [0.25, 0.3) is 0 Å². The van der Waals surface area contributed by atoms with Crippen molar-refractivity contribution in [2.45, 2.75) is 19.3 Å². The topological polar surface area (TPSA) is 75.6 Å². The summed E-state index contributed by atoms with van der Waals surface area (Å²) in [5.41, 5.74) is 6.05. The fourth-order valence-corrected chi connectivity index (χ4v) is 4.09. The molecule has 2 N–H and O–H groups in total. The highest BCUT2D eigenvalue weighted by atomic mass is 16.5. The number of aryl methyl sites for hydroxylation is 1. The molecule has 0 fully saturated rings. The first-order valence-electron chi connectivity index (χ1n) is 10.5.